The third-order valence-electron chi connectivity index (χ3n) is 6.28. The lowest BCUT2D eigenvalue weighted by Gasteiger charge is -2.30. The van der Waals surface area contributed by atoms with E-state index in [4.69, 9.17) is 5.11 Å². The summed E-state index contributed by atoms with van der Waals surface area (Å²) in [6.45, 7) is 0. The molecule has 0 spiro atoms. The number of allylic oxidation sites excluding steroid dienone is 2. The molecular weight excluding hydrogens is 348 g/mol. The summed E-state index contributed by atoms with van der Waals surface area (Å²) in [4.78, 5) is 10.6. The number of thioether (sulfide) groups is 2. The molecule has 3 aliphatic rings. The number of carboxylic acid groups (broad SMARTS) is 1. The first-order chi connectivity index (χ1) is 12.2. The van der Waals surface area contributed by atoms with Crippen molar-refractivity contribution in [1.82, 2.24) is 0 Å². The molecule has 2 aliphatic heterocycles. The lowest BCUT2D eigenvalue weighted by atomic mass is 9.76. The SMILES string of the molecule is O=C(O)CCC/C=C\C[C@@H]1[C@H](CCSC2CCCCC2)[C@@H]2CC[C@H]1S2. The van der Waals surface area contributed by atoms with Crippen molar-refractivity contribution >= 4 is 29.5 Å². The predicted molar refractivity (Wildman–Crippen MR) is 111 cm³/mol. The van der Waals surface area contributed by atoms with Crippen LogP contribution in [0.2, 0.25) is 0 Å². The van der Waals surface area contributed by atoms with Gasteiger partial charge >= 0.3 is 5.97 Å². The van der Waals surface area contributed by atoms with Crippen LogP contribution < -0.4 is 0 Å². The Balaban J connectivity index is 1.38. The molecule has 1 saturated carbocycles. The van der Waals surface area contributed by atoms with Gasteiger partial charge in [-0.05, 0) is 69.0 Å². The highest BCUT2D eigenvalue weighted by Crippen LogP contribution is 2.55. The predicted octanol–water partition coefficient (Wildman–Crippen LogP) is 6.15. The third-order valence-corrected chi connectivity index (χ3v) is 9.57. The first kappa shape index (κ1) is 19.7. The number of carboxylic acids is 1. The van der Waals surface area contributed by atoms with Gasteiger partial charge in [-0.25, -0.2) is 0 Å². The number of carbonyl (C=O) groups is 1. The molecule has 1 N–H and O–H groups in total. The molecule has 0 aromatic heterocycles. The van der Waals surface area contributed by atoms with E-state index in [-0.39, 0.29) is 0 Å². The molecule has 1 aliphatic carbocycles. The van der Waals surface area contributed by atoms with E-state index in [2.05, 4.69) is 35.7 Å². The van der Waals surface area contributed by atoms with Gasteiger partial charge in [0.15, 0.2) is 0 Å². The monoisotopic (exact) mass is 382 g/mol. The number of hydrogen-bond donors (Lipinski definition) is 1. The number of unbranched alkanes of at least 4 members (excludes halogenated alkanes) is 1. The highest BCUT2D eigenvalue weighted by molar-refractivity contribution is 8.01. The van der Waals surface area contributed by atoms with Crippen molar-refractivity contribution in [3.8, 4) is 0 Å². The van der Waals surface area contributed by atoms with E-state index in [9.17, 15) is 4.79 Å². The van der Waals surface area contributed by atoms with Crippen LogP contribution in [0, 0.1) is 11.8 Å². The van der Waals surface area contributed by atoms with E-state index >= 15 is 0 Å². The number of aliphatic carboxylic acids is 1. The van der Waals surface area contributed by atoms with Crippen LogP contribution >= 0.6 is 23.5 Å². The van der Waals surface area contributed by atoms with Gasteiger partial charge < -0.3 is 5.11 Å². The van der Waals surface area contributed by atoms with Crippen LogP contribution in [0.3, 0.4) is 0 Å². The molecule has 0 unspecified atom stereocenters. The van der Waals surface area contributed by atoms with Crippen molar-refractivity contribution in [3.63, 3.8) is 0 Å². The molecule has 0 amide bonds. The Labute approximate surface area is 162 Å². The first-order valence-corrected chi connectivity index (χ1v) is 12.4. The standard InChI is InChI=1S/C21H34O2S2/c22-21(23)11-7-2-1-6-10-17-18(20-13-12-19(17)25-20)14-15-24-16-8-4-3-5-9-16/h1,6,16-20H,2-5,7-15H2,(H,22,23)/b6-1-/t17-,18+,19-,20+/m1/s1. The van der Waals surface area contributed by atoms with Crippen LogP contribution in [-0.4, -0.2) is 32.6 Å². The lowest BCUT2D eigenvalue weighted by molar-refractivity contribution is -0.137. The van der Waals surface area contributed by atoms with Gasteiger partial charge in [-0.15, -0.1) is 0 Å². The topological polar surface area (TPSA) is 37.3 Å². The average Bonchev–Trinajstić information content (AvgIpc) is 3.21. The van der Waals surface area contributed by atoms with Crippen LogP contribution in [0.15, 0.2) is 12.2 Å². The van der Waals surface area contributed by atoms with E-state index in [1.54, 1.807) is 0 Å². The maximum Gasteiger partial charge on any atom is 0.303 e. The smallest absolute Gasteiger partial charge is 0.303 e. The Bertz CT molecular complexity index is 445. The zero-order valence-corrected chi connectivity index (χ0v) is 17.0. The van der Waals surface area contributed by atoms with E-state index in [1.165, 1.54) is 63.5 Å². The molecular formula is C21H34O2S2. The molecule has 2 heterocycles. The first-order valence-electron chi connectivity index (χ1n) is 10.4. The summed E-state index contributed by atoms with van der Waals surface area (Å²) in [5.41, 5.74) is 0. The van der Waals surface area contributed by atoms with Gasteiger partial charge in [0, 0.05) is 22.2 Å². The second-order valence-corrected chi connectivity index (χ2v) is 10.9. The quantitative estimate of drug-likeness (QED) is 0.363. The van der Waals surface area contributed by atoms with Crippen molar-refractivity contribution in [1.29, 1.82) is 0 Å². The van der Waals surface area contributed by atoms with Crippen molar-refractivity contribution in [2.24, 2.45) is 11.8 Å². The molecule has 2 saturated heterocycles. The van der Waals surface area contributed by atoms with Gasteiger partial charge in [0.1, 0.15) is 0 Å². The van der Waals surface area contributed by atoms with Crippen molar-refractivity contribution in [2.75, 3.05) is 5.75 Å². The van der Waals surface area contributed by atoms with Crippen LogP contribution in [-0.2, 0) is 4.79 Å². The Morgan fingerprint density at radius 3 is 2.56 bits per heavy atom. The minimum Gasteiger partial charge on any atom is -0.481 e. The van der Waals surface area contributed by atoms with E-state index in [0.29, 0.717) is 6.42 Å². The molecule has 3 fully saturated rings. The summed E-state index contributed by atoms with van der Waals surface area (Å²) in [6.07, 6.45) is 19.4. The Hall–Kier alpha value is -0.0900. The van der Waals surface area contributed by atoms with Crippen LogP contribution in [0.25, 0.3) is 0 Å². The van der Waals surface area contributed by atoms with Gasteiger partial charge in [0.25, 0.3) is 0 Å². The Morgan fingerprint density at radius 1 is 1.04 bits per heavy atom. The summed E-state index contributed by atoms with van der Waals surface area (Å²) in [6, 6.07) is 0. The summed E-state index contributed by atoms with van der Waals surface area (Å²) < 4.78 is 0. The number of hydrogen-bond acceptors (Lipinski definition) is 3. The van der Waals surface area contributed by atoms with Crippen molar-refractivity contribution in [3.05, 3.63) is 12.2 Å². The fraction of sp³-hybridized carbons (Fsp3) is 0.857. The molecule has 0 aromatic carbocycles. The van der Waals surface area contributed by atoms with Crippen LogP contribution in [0.1, 0.15) is 77.0 Å². The fourth-order valence-electron chi connectivity index (χ4n) is 4.94. The molecule has 0 radical (unpaired) electrons. The second kappa shape index (κ2) is 10.3. The van der Waals surface area contributed by atoms with Gasteiger partial charge in [-0.2, -0.15) is 23.5 Å². The molecule has 3 rings (SSSR count). The summed E-state index contributed by atoms with van der Waals surface area (Å²) in [5.74, 6) is 2.51. The van der Waals surface area contributed by atoms with Gasteiger partial charge in [-0.1, -0.05) is 31.4 Å². The summed E-state index contributed by atoms with van der Waals surface area (Å²) in [5, 5.41) is 11.5. The third kappa shape index (κ3) is 5.95. The molecule has 2 nitrogen and oxygen atoms in total. The molecule has 142 valence electrons. The minimum atomic E-state index is -0.673. The highest BCUT2D eigenvalue weighted by atomic mass is 32.2. The maximum absolute atomic E-state index is 10.6. The molecule has 4 atom stereocenters. The van der Waals surface area contributed by atoms with Gasteiger partial charge in [-0.3, -0.25) is 4.79 Å². The maximum atomic E-state index is 10.6. The van der Waals surface area contributed by atoms with Crippen LogP contribution in [0.5, 0.6) is 0 Å². The molecule has 2 bridgehead atoms. The normalized spacial score (nSPS) is 32.6. The largest absolute Gasteiger partial charge is 0.481 e. The van der Waals surface area contributed by atoms with Gasteiger partial charge in [0.05, 0.1) is 0 Å². The Morgan fingerprint density at radius 2 is 1.80 bits per heavy atom. The molecule has 4 heteroatoms. The van der Waals surface area contributed by atoms with E-state index in [0.717, 1.165) is 40.4 Å². The zero-order valence-electron chi connectivity index (χ0n) is 15.4. The minimum absolute atomic E-state index is 0.301. The van der Waals surface area contributed by atoms with E-state index in [1.807, 2.05) is 0 Å². The molecule has 25 heavy (non-hydrogen) atoms. The fourth-order valence-corrected chi connectivity index (χ4v) is 8.40. The number of rotatable bonds is 10. The van der Waals surface area contributed by atoms with Crippen molar-refractivity contribution in [2.45, 2.75) is 92.8 Å². The molecule has 0 aromatic rings. The number of fused-ring (bicyclic) bond motifs is 2. The summed E-state index contributed by atoms with van der Waals surface area (Å²) in [7, 11) is 0. The van der Waals surface area contributed by atoms with E-state index < -0.39 is 5.97 Å². The Kier molecular flexibility index (Phi) is 8.10. The zero-order chi connectivity index (χ0) is 17.5. The lowest BCUT2D eigenvalue weighted by Crippen LogP contribution is -2.27. The van der Waals surface area contributed by atoms with Crippen LogP contribution in [0.4, 0.5) is 0 Å². The average molecular weight is 383 g/mol. The van der Waals surface area contributed by atoms with Crippen molar-refractivity contribution < 1.29 is 9.90 Å². The summed E-state index contributed by atoms with van der Waals surface area (Å²) >= 11 is 4.55. The second-order valence-electron chi connectivity index (χ2n) is 8.03. The van der Waals surface area contributed by atoms with Gasteiger partial charge in [0.2, 0.25) is 0 Å². The highest BCUT2D eigenvalue weighted by Gasteiger charge is 2.47.